The summed E-state index contributed by atoms with van der Waals surface area (Å²) < 4.78 is 23.1. The van der Waals surface area contributed by atoms with E-state index in [1.54, 1.807) is 0 Å². The molecule has 0 radical (unpaired) electrons. The number of carbonyl (C=O) groups is 2. The number of nitrogens with zero attached hydrogens (tertiary/aromatic N) is 1. The molecular weight excluding hydrogens is 383 g/mol. The second-order valence-electron chi connectivity index (χ2n) is 5.30. The number of ether oxygens (including phenoxy) is 2. The van der Waals surface area contributed by atoms with E-state index >= 15 is 0 Å². The molecule has 1 atom stereocenters. The molecule has 2 rings (SSSR count). The van der Waals surface area contributed by atoms with Crippen LogP contribution in [0, 0.1) is 15.9 Å². The summed E-state index contributed by atoms with van der Waals surface area (Å²) in [7, 11) is 1.28. The fraction of sp³-hybridized carbons (Fsp3) is 0.176. The number of hydrogen-bond acceptors (Lipinski definition) is 6. The number of methoxy groups -OCH3 is 1. The summed E-state index contributed by atoms with van der Waals surface area (Å²) in [5, 5.41) is 13.2. The number of halogens is 2. The Hall–Kier alpha value is -3.20. The third kappa shape index (κ3) is 4.91. The van der Waals surface area contributed by atoms with E-state index < -0.39 is 28.7 Å². The van der Waals surface area contributed by atoms with Crippen LogP contribution in [0.15, 0.2) is 36.4 Å². The van der Waals surface area contributed by atoms with Crippen LogP contribution in [0.4, 0.5) is 15.8 Å². The Bertz CT molecular complexity index is 905. The SMILES string of the molecule is COc1ccc([N+](=O)[O-])cc1C(=O)O[C@@H](C)C(=O)Nc1ccc(F)cc1Cl. The van der Waals surface area contributed by atoms with Gasteiger partial charge in [-0.05, 0) is 31.2 Å². The molecule has 0 fully saturated rings. The van der Waals surface area contributed by atoms with Crippen molar-refractivity contribution in [3.8, 4) is 5.75 Å². The minimum atomic E-state index is -1.26. The average molecular weight is 397 g/mol. The van der Waals surface area contributed by atoms with Gasteiger partial charge in [-0.15, -0.1) is 0 Å². The lowest BCUT2D eigenvalue weighted by Gasteiger charge is -2.15. The van der Waals surface area contributed by atoms with E-state index in [2.05, 4.69) is 5.32 Å². The Balaban J connectivity index is 2.13. The number of nitrogens with one attached hydrogen (secondary N) is 1. The smallest absolute Gasteiger partial charge is 0.342 e. The predicted octanol–water partition coefficient (Wildman–Crippen LogP) is 3.58. The molecule has 2 aromatic rings. The number of hydrogen-bond donors (Lipinski definition) is 1. The topological polar surface area (TPSA) is 108 Å². The second kappa shape index (κ2) is 8.45. The Morgan fingerprint density at radius 1 is 1.26 bits per heavy atom. The molecule has 2 aromatic carbocycles. The van der Waals surface area contributed by atoms with E-state index in [0.29, 0.717) is 0 Å². The summed E-state index contributed by atoms with van der Waals surface area (Å²) in [6.07, 6.45) is -1.26. The number of esters is 1. The second-order valence-corrected chi connectivity index (χ2v) is 5.71. The molecule has 0 aromatic heterocycles. The predicted molar refractivity (Wildman–Crippen MR) is 94.6 cm³/mol. The molecule has 0 aliphatic heterocycles. The number of rotatable bonds is 6. The van der Waals surface area contributed by atoms with Crippen molar-refractivity contribution in [2.45, 2.75) is 13.0 Å². The minimum Gasteiger partial charge on any atom is -0.496 e. The zero-order valence-corrected chi connectivity index (χ0v) is 15.0. The van der Waals surface area contributed by atoms with Gasteiger partial charge in [0.2, 0.25) is 0 Å². The molecule has 0 aliphatic carbocycles. The molecule has 0 unspecified atom stereocenters. The van der Waals surface area contributed by atoms with Crippen molar-refractivity contribution in [1.29, 1.82) is 0 Å². The Labute approximate surface area is 158 Å². The highest BCUT2D eigenvalue weighted by Crippen LogP contribution is 2.26. The van der Waals surface area contributed by atoms with Gasteiger partial charge in [0, 0.05) is 12.1 Å². The standard InChI is InChI=1S/C17H14ClFN2O6/c1-9(16(22)20-14-5-3-10(19)7-13(14)18)27-17(23)12-8-11(21(24)25)4-6-15(12)26-2/h3-9H,1-2H3,(H,20,22)/t9-/m0/s1. The molecule has 0 spiro atoms. The summed E-state index contributed by atoms with van der Waals surface area (Å²) in [6.45, 7) is 1.30. The fourth-order valence-corrected chi connectivity index (χ4v) is 2.29. The molecule has 27 heavy (non-hydrogen) atoms. The lowest BCUT2D eigenvalue weighted by molar-refractivity contribution is -0.384. The maximum atomic E-state index is 13.0. The van der Waals surface area contributed by atoms with Gasteiger partial charge < -0.3 is 14.8 Å². The highest BCUT2D eigenvalue weighted by Gasteiger charge is 2.24. The Kier molecular flexibility index (Phi) is 6.30. The molecule has 0 bridgehead atoms. The van der Waals surface area contributed by atoms with Gasteiger partial charge in [-0.1, -0.05) is 11.6 Å². The van der Waals surface area contributed by atoms with Crippen molar-refractivity contribution in [3.05, 3.63) is 62.9 Å². The van der Waals surface area contributed by atoms with E-state index in [-0.39, 0.29) is 27.7 Å². The third-order valence-electron chi connectivity index (χ3n) is 3.46. The van der Waals surface area contributed by atoms with E-state index in [1.165, 1.54) is 32.2 Å². The summed E-state index contributed by atoms with van der Waals surface area (Å²) in [6, 6.07) is 6.78. The van der Waals surface area contributed by atoms with Crippen molar-refractivity contribution in [1.82, 2.24) is 0 Å². The van der Waals surface area contributed by atoms with Crippen LogP contribution < -0.4 is 10.1 Å². The number of nitro groups is 1. The third-order valence-corrected chi connectivity index (χ3v) is 3.77. The fourth-order valence-electron chi connectivity index (χ4n) is 2.07. The van der Waals surface area contributed by atoms with E-state index in [0.717, 1.165) is 18.2 Å². The number of carbonyl (C=O) groups excluding carboxylic acids is 2. The minimum absolute atomic E-state index is 0.0257. The summed E-state index contributed by atoms with van der Waals surface area (Å²) in [4.78, 5) is 34.7. The van der Waals surface area contributed by atoms with Crippen LogP contribution in [-0.4, -0.2) is 30.0 Å². The number of anilines is 1. The first-order valence-corrected chi connectivity index (χ1v) is 7.90. The largest absolute Gasteiger partial charge is 0.496 e. The van der Waals surface area contributed by atoms with E-state index in [1.807, 2.05) is 0 Å². The van der Waals surface area contributed by atoms with Crippen molar-refractivity contribution >= 4 is 34.9 Å². The van der Waals surface area contributed by atoms with E-state index in [4.69, 9.17) is 21.1 Å². The van der Waals surface area contributed by atoms with Crippen LogP contribution >= 0.6 is 11.6 Å². The zero-order chi connectivity index (χ0) is 20.1. The van der Waals surface area contributed by atoms with Gasteiger partial charge in [0.15, 0.2) is 6.10 Å². The van der Waals surface area contributed by atoms with E-state index in [9.17, 15) is 24.1 Å². The molecule has 8 nitrogen and oxygen atoms in total. The van der Waals surface area contributed by atoms with Gasteiger partial charge in [0.25, 0.3) is 11.6 Å². The lowest BCUT2D eigenvalue weighted by atomic mass is 10.1. The van der Waals surface area contributed by atoms with Gasteiger partial charge in [-0.25, -0.2) is 9.18 Å². The number of nitro benzene ring substituents is 1. The van der Waals surface area contributed by atoms with Crippen molar-refractivity contribution in [2.75, 3.05) is 12.4 Å². The lowest BCUT2D eigenvalue weighted by Crippen LogP contribution is -2.30. The van der Waals surface area contributed by atoms with Crippen molar-refractivity contribution < 1.29 is 28.4 Å². The van der Waals surface area contributed by atoms with Gasteiger partial charge >= 0.3 is 5.97 Å². The molecule has 0 heterocycles. The van der Waals surface area contributed by atoms with Gasteiger partial charge in [0.05, 0.1) is 22.7 Å². The van der Waals surface area contributed by atoms with Gasteiger partial charge in [-0.3, -0.25) is 14.9 Å². The maximum absolute atomic E-state index is 13.0. The molecule has 0 saturated heterocycles. The van der Waals surface area contributed by atoms with Crippen molar-refractivity contribution in [2.24, 2.45) is 0 Å². The molecule has 0 aliphatic rings. The van der Waals surface area contributed by atoms with Crippen LogP contribution in [0.25, 0.3) is 0 Å². The normalized spacial score (nSPS) is 11.4. The van der Waals surface area contributed by atoms with Gasteiger partial charge in [-0.2, -0.15) is 0 Å². The average Bonchev–Trinajstić information content (AvgIpc) is 2.63. The number of benzene rings is 2. The van der Waals surface area contributed by atoms with Gasteiger partial charge in [0.1, 0.15) is 17.1 Å². The Morgan fingerprint density at radius 2 is 1.96 bits per heavy atom. The summed E-state index contributed by atoms with van der Waals surface area (Å²) in [5.74, 6) is -2.22. The monoisotopic (exact) mass is 396 g/mol. The van der Waals surface area contributed by atoms with Crippen LogP contribution in [-0.2, 0) is 9.53 Å². The Morgan fingerprint density at radius 3 is 2.56 bits per heavy atom. The first kappa shape index (κ1) is 20.1. The molecule has 1 amide bonds. The number of non-ortho nitro benzene ring substituents is 1. The van der Waals surface area contributed by atoms with Crippen LogP contribution in [0.3, 0.4) is 0 Å². The number of amides is 1. The molecule has 1 N–H and O–H groups in total. The summed E-state index contributed by atoms with van der Waals surface area (Å²) >= 11 is 5.82. The molecule has 142 valence electrons. The summed E-state index contributed by atoms with van der Waals surface area (Å²) in [5.41, 5.74) is -0.400. The van der Waals surface area contributed by atoms with Crippen molar-refractivity contribution in [3.63, 3.8) is 0 Å². The highest BCUT2D eigenvalue weighted by atomic mass is 35.5. The van der Waals surface area contributed by atoms with Crippen LogP contribution in [0.5, 0.6) is 5.75 Å². The maximum Gasteiger partial charge on any atom is 0.342 e. The molecular formula is C17H14ClFN2O6. The van der Waals surface area contributed by atoms with Crippen LogP contribution in [0.2, 0.25) is 5.02 Å². The first-order chi connectivity index (χ1) is 12.7. The molecule has 0 saturated carbocycles. The zero-order valence-electron chi connectivity index (χ0n) is 14.2. The molecule has 10 heteroatoms. The first-order valence-electron chi connectivity index (χ1n) is 7.52. The van der Waals surface area contributed by atoms with Crippen LogP contribution in [0.1, 0.15) is 17.3 Å². The quantitative estimate of drug-likeness (QED) is 0.454. The highest BCUT2D eigenvalue weighted by molar-refractivity contribution is 6.33.